The lowest BCUT2D eigenvalue weighted by Gasteiger charge is -2.39. The summed E-state index contributed by atoms with van der Waals surface area (Å²) in [6.07, 6.45) is 4.85. The van der Waals surface area contributed by atoms with Crippen LogP contribution >= 0.6 is 0 Å². The average Bonchev–Trinajstić information content (AvgIpc) is 2.17. The molecule has 16 heavy (non-hydrogen) atoms. The summed E-state index contributed by atoms with van der Waals surface area (Å²) in [5, 5.41) is 0. The SMILES string of the molecule is NC1CC(C2CCC2)Oc2ccc(F)cc21. The van der Waals surface area contributed by atoms with Crippen LogP contribution in [-0.4, -0.2) is 6.10 Å². The van der Waals surface area contributed by atoms with E-state index in [2.05, 4.69) is 0 Å². The molecule has 1 aromatic rings. The van der Waals surface area contributed by atoms with E-state index in [0.29, 0.717) is 5.92 Å². The van der Waals surface area contributed by atoms with E-state index in [1.807, 2.05) is 0 Å². The van der Waals surface area contributed by atoms with Crippen molar-refractivity contribution in [3.63, 3.8) is 0 Å². The predicted octanol–water partition coefficient (Wildman–Crippen LogP) is 2.78. The Hall–Kier alpha value is -1.09. The second kappa shape index (κ2) is 3.74. The van der Waals surface area contributed by atoms with E-state index < -0.39 is 0 Å². The molecule has 1 fully saturated rings. The first-order chi connectivity index (χ1) is 7.74. The normalized spacial score (nSPS) is 29.1. The number of hydrogen-bond donors (Lipinski definition) is 1. The highest BCUT2D eigenvalue weighted by Crippen LogP contribution is 2.41. The Balaban J connectivity index is 1.87. The van der Waals surface area contributed by atoms with Gasteiger partial charge in [0, 0.05) is 18.0 Å². The summed E-state index contributed by atoms with van der Waals surface area (Å²) >= 11 is 0. The van der Waals surface area contributed by atoms with Crippen molar-refractivity contribution < 1.29 is 9.13 Å². The molecule has 2 nitrogen and oxygen atoms in total. The maximum atomic E-state index is 13.1. The van der Waals surface area contributed by atoms with Crippen LogP contribution in [0.15, 0.2) is 18.2 Å². The molecular formula is C13H16FNO. The lowest BCUT2D eigenvalue weighted by Crippen LogP contribution is -2.38. The Morgan fingerprint density at radius 3 is 2.81 bits per heavy atom. The first kappa shape index (κ1) is 10.1. The van der Waals surface area contributed by atoms with Crippen LogP contribution < -0.4 is 10.5 Å². The van der Waals surface area contributed by atoms with Crippen molar-refractivity contribution in [2.24, 2.45) is 11.7 Å². The lowest BCUT2D eigenvalue weighted by atomic mass is 9.77. The number of benzene rings is 1. The summed E-state index contributed by atoms with van der Waals surface area (Å²) < 4.78 is 19.0. The highest BCUT2D eigenvalue weighted by Gasteiger charge is 2.34. The van der Waals surface area contributed by atoms with E-state index in [1.54, 1.807) is 6.07 Å². The molecule has 1 saturated carbocycles. The summed E-state index contributed by atoms with van der Waals surface area (Å²) in [6.45, 7) is 0. The fraction of sp³-hybridized carbons (Fsp3) is 0.538. The van der Waals surface area contributed by atoms with E-state index in [1.165, 1.54) is 31.4 Å². The summed E-state index contributed by atoms with van der Waals surface area (Å²) in [5.74, 6) is 1.20. The molecule has 2 aliphatic rings. The molecule has 0 spiro atoms. The van der Waals surface area contributed by atoms with Gasteiger partial charge in [-0.15, -0.1) is 0 Å². The molecule has 0 radical (unpaired) electrons. The topological polar surface area (TPSA) is 35.2 Å². The van der Waals surface area contributed by atoms with E-state index in [0.717, 1.165) is 17.7 Å². The zero-order chi connectivity index (χ0) is 11.1. The molecule has 3 heteroatoms. The van der Waals surface area contributed by atoms with Crippen molar-refractivity contribution >= 4 is 0 Å². The number of fused-ring (bicyclic) bond motifs is 1. The Labute approximate surface area is 94.6 Å². The summed E-state index contributed by atoms with van der Waals surface area (Å²) in [4.78, 5) is 0. The number of nitrogens with two attached hydrogens (primary N) is 1. The number of ether oxygens (including phenoxy) is 1. The van der Waals surface area contributed by atoms with Crippen LogP contribution in [0, 0.1) is 11.7 Å². The van der Waals surface area contributed by atoms with E-state index in [4.69, 9.17) is 10.5 Å². The lowest BCUT2D eigenvalue weighted by molar-refractivity contribution is 0.0578. The number of rotatable bonds is 1. The number of hydrogen-bond acceptors (Lipinski definition) is 2. The average molecular weight is 221 g/mol. The minimum absolute atomic E-state index is 0.0787. The van der Waals surface area contributed by atoms with Crippen molar-refractivity contribution in [3.8, 4) is 5.75 Å². The van der Waals surface area contributed by atoms with Gasteiger partial charge in [0.25, 0.3) is 0 Å². The Kier molecular flexibility index (Phi) is 2.36. The second-order valence-electron chi connectivity index (χ2n) is 4.87. The summed E-state index contributed by atoms with van der Waals surface area (Å²) in [6, 6.07) is 4.56. The van der Waals surface area contributed by atoms with Crippen molar-refractivity contribution in [1.29, 1.82) is 0 Å². The maximum Gasteiger partial charge on any atom is 0.124 e. The van der Waals surface area contributed by atoms with Gasteiger partial charge < -0.3 is 10.5 Å². The predicted molar refractivity (Wildman–Crippen MR) is 59.7 cm³/mol. The van der Waals surface area contributed by atoms with Gasteiger partial charge in [-0.1, -0.05) is 6.42 Å². The molecule has 2 unspecified atom stereocenters. The van der Waals surface area contributed by atoms with Crippen LogP contribution in [-0.2, 0) is 0 Å². The van der Waals surface area contributed by atoms with Gasteiger partial charge in [-0.25, -0.2) is 4.39 Å². The second-order valence-corrected chi connectivity index (χ2v) is 4.87. The van der Waals surface area contributed by atoms with Gasteiger partial charge in [-0.3, -0.25) is 0 Å². The Morgan fingerprint density at radius 1 is 1.31 bits per heavy atom. The van der Waals surface area contributed by atoms with Gasteiger partial charge in [0.15, 0.2) is 0 Å². The van der Waals surface area contributed by atoms with E-state index >= 15 is 0 Å². The fourth-order valence-corrected chi connectivity index (χ4v) is 2.61. The third-order valence-electron chi connectivity index (χ3n) is 3.81. The van der Waals surface area contributed by atoms with Crippen molar-refractivity contribution in [3.05, 3.63) is 29.6 Å². The highest BCUT2D eigenvalue weighted by atomic mass is 19.1. The quantitative estimate of drug-likeness (QED) is 0.791. The first-order valence-electron chi connectivity index (χ1n) is 5.96. The van der Waals surface area contributed by atoms with Crippen LogP contribution in [0.3, 0.4) is 0 Å². The van der Waals surface area contributed by atoms with Gasteiger partial charge in [0.05, 0.1) is 0 Å². The molecule has 1 aliphatic carbocycles. The third kappa shape index (κ3) is 1.59. The van der Waals surface area contributed by atoms with Crippen molar-refractivity contribution in [2.75, 3.05) is 0 Å². The summed E-state index contributed by atoms with van der Waals surface area (Å²) in [7, 11) is 0. The molecule has 1 aliphatic heterocycles. The molecule has 0 bridgehead atoms. The smallest absolute Gasteiger partial charge is 0.124 e. The third-order valence-corrected chi connectivity index (χ3v) is 3.81. The van der Waals surface area contributed by atoms with E-state index in [9.17, 15) is 4.39 Å². The molecule has 0 aromatic heterocycles. The van der Waals surface area contributed by atoms with Gasteiger partial charge in [-0.2, -0.15) is 0 Å². The molecular weight excluding hydrogens is 205 g/mol. The molecule has 2 atom stereocenters. The van der Waals surface area contributed by atoms with Crippen molar-refractivity contribution in [2.45, 2.75) is 37.8 Å². The maximum absolute atomic E-state index is 13.1. The van der Waals surface area contributed by atoms with Crippen LogP contribution in [0.1, 0.15) is 37.3 Å². The van der Waals surface area contributed by atoms with Gasteiger partial charge in [-0.05, 0) is 37.0 Å². The van der Waals surface area contributed by atoms with Crippen LogP contribution in [0.25, 0.3) is 0 Å². The molecule has 1 heterocycles. The molecule has 3 rings (SSSR count). The minimum Gasteiger partial charge on any atom is -0.490 e. The standard InChI is InChI=1S/C13H16FNO/c14-9-4-5-12-10(6-9)11(15)7-13(16-12)8-2-1-3-8/h4-6,8,11,13H,1-3,7,15H2. The first-order valence-corrected chi connectivity index (χ1v) is 5.96. The zero-order valence-corrected chi connectivity index (χ0v) is 9.16. The van der Waals surface area contributed by atoms with Crippen molar-refractivity contribution in [1.82, 2.24) is 0 Å². The Morgan fingerprint density at radius 2 is 2.12 bits per heavy atom. The molecule has 0 saturated heterocycles. The monoisotopic (exact) mass is 221 g/mol. The molecule has 1 aromatic carbocycles. The van der Waals surface area contributed by atoms with Gasteiger partial charge in [0.1, 0.15) is 17.7 Å². The van der Waals surface area contributed by atoms with Crippen LogP contribution in [0.4, 0.5) is 4.39 Å². The largest absolute Gasteiger partial charge is 0.490 e. The zero-order valence-electron chi connectivity index (χ0n) is 9.16. The molecule has 2 N–H and O–H groups in total. The summed E-state index contributed by atoms with van der Waals surface area (Å²) in [5.41, 5.74) is 6.89. The van der Waals surface area contributed by atoms with Crippen LogP contribution in [0.2, 0.25) is 0 Å². The fourth-order valence-electron chi connectivity index (χ4n) is 2.61. The Bertz CT molecular complexity index is 403. The molecule has 86 valence electrons. The minimum atomic E-state index is -0.236. The van der Waals surface area contributed by atoms with Gasteiger partial charge in [0.2, 0.25) is 0 Å². The number of halogens is 1. The highest BCUT2D eigenvalue weighted by molar-refractivity contribution is 5.38. The van der Waals surface area contributed by atoms with Crippen LogP contribution in [0.5, 0.6) is 5.75 Å². The van der Waals surface area contributed by atoms with E-state index in [-0.39, 0.29) is 18.0 Å². The molecule has 0 amide bonds. The van der Waals surface area contributed by atoms with Gasteiger partial charge >= 0.3 is 0 Å².